The number of carbonyl (C=O) groups excluding carboxylic acids is 1. The highest BCUT2D eigenvalue weighted by Gasteiger charge is 2.45. The predicted molar refractivity (Wildman–Crippen MR) is 138 cm³/mol. The Bertz CT molecular complexity index is 500. The molecule has 1 heterocycles. The number of unbranched alkanes of at least 4 members (excludes halogenated alkanes) is 18. The Hall–Kier alpha value is -0.730. The molecule has 35 heavy (non-hydrogen) atoms. The highest BCUT2D eigenvalue weighted by Crippen LogP contribution is 2.22. The quantitative estimate of drug-likeness (QED) is 0.119. The van der Waals surface area contributed by atoms with Gasteiger partial charge in [0, 0.05) is 6.42 Å². The number of carbonyl (C=O) groups is 1. The van der Waals surface area contributed by atoms with E-state index in [1.807, 2.05) is 0 Å². The van der Waals surface area contributed by atoms with Crippen LogP contribution in [0.3, 0.4) is 0 Å². The van der Waals surface area contributed by atoms with Gasteiger partial charge in [0.1, 0.15) is 24.4 Å². The van der Waals surface area contributed by atoms with Crippen LogP contribution in [0.15, 0.2) is 0 Å². The van der Waals surface area contributed by atoms with Gasteiger partial charge in [-0.3, -0.25) is 4.79 Å². The van der Waals surface area contributed by atoms with E-state index < -0.39 is 43.3 Å². The van der Waals surface area contributed by atoms with E-state index in [0.717, 1.165) is 12.8 Å². The van der Waals surface area contributed by atoms with Gasteiger partial charge < -0.3 is 29.9 Å². The summed E-state index contributed by atoms with van der Waals surface area (Å²) in [7, 11) is 0. The molecular weight excluding hydrogens is 448 g/mol. The van der Waals surface area contributed by atoms with Crippen LogP contribution in [0.2, 0.25) is 0 Å². The summed E-state index contributed by atoms with van der Waals surface area (Å²) in [5.74, 6) is -0.513. The standard InChI is InChI=1S/C28H54O7/c1-2-3-4-5-6-7-8-9-10-11-12-13-14-15-16-17-18-19-20-21-24(30)35-28-27(33)26(32)25(31)23(22-29)34-28/h23,25-29,31-33H,2-22H2,1H3/t23-,25-,26+,27-,28?/m1/s1. The maximum absolute atomic E-state index is 12.0. The summed E-state index contributed by atoms with van der Waals surface area (Å²) in [6.45, 7) is 1.73. The Kier molecular flexibility index (Phi) is 19.7. The van der Waals surface area contributed by atoms with Crippen molar-refractivity contribution < 1.29 is 34.7 Å². The molecule has 7 nitrogen and oxygen atoms in total. The minimum Gasteiger partial charge on any atom is -0.433 e. The molecule has 1 aliphatic heterocycles. The Morgan fingerprint density at radius 3 is 1.43 bits per heavy atom. The zero-order valence-electron chi connectivity index (χ0n) is 22.2. The fraction of sp³-hybridized carbons (Fsp3) is 0.964. The van der Waals surface area contributed by atoms with Gasteiger partial charge in [0.25, 0.3) is 0 Å². The van der Waals surface area contributed by atoms with Crippen molar-refractivity contribution in [2.75, 3.05) is 6.61 Å². The second-order valence-electron chi connectivity index (χ2n) is 10.3. The summed E-state index contributed by atoms with van der Waals surface area (Å²) in [6, 6.07) is 0. The van der Waals surface area contributed by atoms with E-state index in [9.17, 15) is 25.2 Å². The summed E-state index contributed by atoms with van der Waals surface area (Å²) >= 11 is 0. The Morgan fingerprint density at radius 2 is 1.03 bits per heavy atom. The largest absolute Gasteiger partial charge is 0.433 e. The molecule has 1 saturated heterocycles. The van der Waals surface area contributed by atoms with E-state index in [1.54, 1.807) is 0 Å². The molecule has 5 atom stereocenters. The van der Waals surface area contributed by atoms with Crippen molar-refractivity contribution in [3.05, 3.63) is 0 Å². The second-order valence-corrected chi connectivity index (χ2v) is 10.3. The first-order valence-electron chi connectivity index (χ1n) is 14.5. The number of aliphatic hydroxyl groups is 4. The van der Waals surface area contributed by atoms with E-state index in [-0.39, 0.29) is 6.42 Å². The molecule has 1 rings (SSSR count). The van der Waals surface area contributed by atoms with Crippen LogP contribution >= 0.6 is 0 Å². The van der Waals surface area contributed by atoms with Gasteiger partial charge in [0.2, 0.25) is 6.29 Å². The highest BCUT2D eigenvalue weighted by atomic mass is 16.7. The van der Waals surface area contributed by atoms with Crippen molar-refractivity contribution in [1.29, 1.82) is 0 Å². The first-order chi connectivity index (χ1) is 17.0. The van der Waals surface area contributed by atoms with Crippen LogP contribution in [-0.4, -0.2) is 63.7 Å². The summed E-state index contributed by atoms with van der Waals surface area (Å²) in [6.07, 6.45) is 17.7. The van der Waals surface area contributed by atoms with Crippen molar-refractivity contribution in [3.63, 3.8) is 0 Å². The third-order valence-electron chi connectivity index (χ3n) is 7.08. The van der Waals surface area contributed by atoms with E-state index >= 15 is 0 Å². The van der Waals surface area contributed by atoms with E-state index in [0.29, 0.717) is 6.42 Å². The average Bonchev–Trinajstić information content (AvgIpc) is 2.85. The number of ether oxygens (including phenoxy) is 2. The SMILES string of the molecule is CCCCCCCCCCCCCCCCCCCCCC(=O)OC1O[C@H](CO)[C@@H](O)[C@H](O)[C@H]1O. The zero-order chi connectivity index (χ0) is 25.7. The molecule has 7 heteroatoms. The molecule has 4 N–H and O–H groups in total. The molecule has 0 aromatic rings. The average molecular weight is 503 g/mol. The van der Waals surface area contributed by atoms with E-state index in [2.05, 4.69) is 6.92 Å². The fourth-order valence-electron chi connectivity index (χ4n) is 4.70. The summed E-state index contributed by atoms with van der Waals surface area (Å²) in [5.41, 5.74) is 0. The first-order valence-corrected chi connectivity index (χ1v) is 14.5. The van der Waals surface area contributed by atoms with Gasteiger partial charge in [0.15, 0.2) is 0 Å². The van der Waals surface area contributed by atoms with Crippen molar-refractivity contribution in [3.8, 4) is 0 Å². The number of esters is 1. The normalized spacial score (nSPS) is 24.5. The summed E-state index contributed by atoms with van der Waals surface area (Å²) < 4.78 is 10.3. The summed E-state index contributed by atoms with van der Waals surface area (Å²) in [4.78, 5) is 12.0. The molecule has 0 saturated carbocycles. The van der Waals surface area contributed by atoms with Crippen LogP contribution < -0.4 is 0 Å². The lowest BCUT2D eigenvalue weighted by Gasteiger charge is -2.39. The number of aliphatic hydroxyl groups excluding tert-OH is 4. The maximum Gasteiger partial charge on any atom is 0.308 e. The van der Waals surface area contributed by atoms with Crippen LogP contribution in [0.1, 0.15) is 135 Å². The van der Waals surface area contributed by atoms with Gasteiger partial charge in [-0.25, -0.2) is 0 Å². The van der Waals surface area contributed by atoms with Crippen molar-refractivity contribution in [2.24, 2.45) is 0 Å². The lowest BCUT2D eigenvalue weighted by molar-refractivity contribution is -0.292. The minimum atomic E-state index is -1.54. The lowest BCUT2D eigenvalue weighted by Crippen LogP contribution is -2.59. The molecule has 0 aromatic carbocycles. The van der Waals surface area contributed by atoms with Gasteiger partial charge >= 0.3 is 5.97 Å². The molecule has 208 valence electrons. The van der Waals surface area contributed by atoms with Crippen molar-refractivity contribution in [1.82, 2.24) is 0 Å². The molecule has 0 aliphatic carbocycles. The third kappa shape index (κ3) is 15.2. The Labute approximate surface area is 213 Å². The molecule has 1 unspecified atom stereocenters. The molecule has 0 bridgehead atoms. The van der Waals surface area contributed by atoms with Gasteiger partial charge in [0.05, 0.1) is 6.61 Å². The lowest BCUT2D eigenvalue weighted by atomic mass is 9.99. The van der Waals surface area contributed by atoms with Crippen LogP contribution in [0, 0.1) is 0 Å². The monoisotopic (exact) mass is 502 g/mol. The summed E-state index contributed by atoms with van der Waals surface area (Å²) in [5, 5.41) is 38.6. The van der Waals surface area contributed by atoms with Crippen molar-refractivity contribution in [2.45, 2.75) is 166 Å². The molecule has 0 amide bonds. The van der Waals surface area contributed by atoms with Gasteiger partial charge in [-0.05, 0) is 6.42 Å². The van der Waals surface area contributed by atoms with Crippen LogP contribution in [-0.2, 0) is 14.3 Å². The molecule has 1 fully saturated rings. The number of hydrogen-bond acceptors (Lipinski definition) is 7. The van der Waals surface area contributed by atoms with E-state index in [4.69, 9.17) is 9.47 Å². The molecule has 1 aliphatic rings. The minimum absolute atomic E-state index is 0.216. The third-order valence-corrected chi connectivity index (χ3v) is 7.08. The van der Waals surface area contributed by atoms with Gasteiger partial charge in [-0.2, -0.15) is 0 Å². The molecular formula is C28H54O7. The number of rotatable bonds is 22. The highest BCUT2D eigenvalue weighted by molar-refractivity contribution is 5.69. The second kappa shape index (κ2) is 21.4. The Morgan fingerprint density at radius 1 is 0.629 bits per heavy atom. The number of hydrogen-bond donors (Lipinski definition) is 4. The molecule has 0 radical (unpaired) electrons. The van der Waals surface area contributed by atoms with Crippen molar-refractivity contribution >= 4 is 5.97 Å². The first kappa shape index (κ1) is 32.3. The van der Waals surface area contributed by atoms with Gasteiger partial charge in [-0.1, -0.05) is 122 Å². The van der Waals surface area contributed by atoms with Gasteiger partial charge in [-0.15, -0.1) is 0 Å². The molecule has 0 aromatic heterocycles. The smallest absolute Gasteiger partial charge is 0.308 e. The van der Waals surface area contributed by atoms with Crippen LogP contribution in [0.4, 0.5) is 0 Å². The van der Waals surface area contributed by atoms with Crippen LogP contribution in [0.25, 0.3) is 0 Å². The Balaban J connectivity index is 1.86. The molecule has 0 spiro atoms. The topological polar surface area (TPSA) is 116 Å². The zero-order valence-corrected chi connectivity index (χ0v) is 22.2. The maximum atomic E-state index is 12.0. The van der Waals surface area contributed by atoms with E-state index in [1.165, 1.54) is 103 Å². The predicted octanol–water partition coefficient (Wildman–Crippen LogP) is 5.15. The van der Waals surface area contributed by atoms with Crippen LogP contribution in [0.5, 0.6) is 0 Å². The fourth-order valence-corrected chi connectivity index (χ4v) is 4.70.